The fraction of sp³-hybridized carbons (Fsp3) is 0.417. The number of aryl methyl sites for hydroxylation is 1. The third kappa shape index (κ3) is 3.74. The molecule has 0 saturated heterocycles. The number of nitrogens with one attached hydrogen (secondary N) is 1. The highest BCUT2D eigenvalue weighted by Crippen LogP contribution is 2.24. The number of hydrogen-bond donors (Lipinski definition) is 2. The quantitative estimate of drug-likeness (QED) is 0.850. The Bertz CT molecular complexity index is 402. The fourth-order valence-electron chi connectivity index (χ4n) is 1.52. The van der Waals surface area contributed by atoms with Gasteiger partial charge in [0.1, 0.15) is 0 Å². The fourth-order valence-corrected chi connectivity index (χ4v) is 1.69. The van der Waals surface area contributed by atoms with Gasteiger partial charge >= 0.3 is 5.97 Å². The number of anilines is 1. The molecule has 4 heteroatoms. The molecule has 0 atom stereocenters. The van der Waals surface area contributed by atoms with Gasteiger partial charge in [-0.3, -0.25) is 4.79 Å². The number of carboxylic acid groups (broad SMARTS) is 1. The van der Waals surface area contributed by atoms with Gasteiger partial charge in [-0.1, -0.05) is 17.7 Å². The lowest BCUT2D eigenvalue weighted by Gasteiger charge is -2.26. The predicted octanol–water partition coefficient (Wildman–Crippen LogP) is 3.31. The standard InChI is InChI=1S/C12H16ClNO2/c1-8-4-5-9(13)6-10(8)14-12(2,3)7-11(15)16/h4-6,14H,7H2,1-3H3,(H,15,16). The van der Waals surface area contributed by atoms with E-state index in [4.69, 9.17) is 16.7 Å². The van der Waals surface area contributed by atoms with Gasteiger partial charge in [0.15, 0.2) is 0 Å². The van der Waals surface area contributed by atoms with E-state index in [1.165, 1.54) is 0 Å². The third-order valence-corrected chi connectivity index (χ3v) is 2.50. The van der Waals surface area contributed by atoms with E-state index in [1.54, 1.807) is 6.07 Å². The number of carbonyl (C=O) groups is 1. The Morgan fingerprint density at radius 2 is 2.12 bits per heavy atom. The minimum atomic E-state index is -0.822. The third-order valence-electron chi connectivity index (χ3n) is 2.27. The van der Waals surface area contributed by atoms with Crippen molar-refractivity contribution in [3.63, 3.8) is 0 Å². The number of halogens is 1. The number of aliphatic carboxylic acids is 1. The largest absolute Gasteiger partial charge is 0.481 e. The SMILES string of the molecule is Cc1ccc(Cl)cc1NC(C)(C)CC(=O)O. The second-order valence-corrected chi connectivity index (χ2v) is 4.98. The molecule has 2 N–H and O–H groups in total. The molecule has 0 fully saturated rings. The van der Waals surface area contributed by atoms with Gasteiger partial charge in [0.2, 0.25) is 0 Å². The van der Waals surface area contributed by atoms with E-state index in [9.17, 15) is 4.79 Å². The molecule has 0 bridgehead atoms. The summed E-state index contributed by atoms with van der Waals surface area (Å²) in [6.07, 6.45) is 0.0545. The topological polar surface area (TPSA) is 49.3 Å². The summed E-state index contributed by atoms with van der Waals surface area (Å²) < 4.78 is 0. The van der Waals surface area contributed by atoms with Gasteiger partial charge in [0.05, 0.1) is 6.42 Å². The highest BCUT2D eigenvalue weighted by atomic mass is 35.5. The Balaban J connectivity index is 2.86. The van der Waals surface area contributed by atoms with E-state index in [0.29, 0.717) is 5.02 Å². The number of hydrogen-bond acceptors (Lipinski definition) is 2. The van der Waals surface area contributed by atoms with Crippen LogP contribution in [-0.2, 0) is 4.79 Å². The zero-order valence-corrected chi connectivity index (χ0v) is 10.4. The van der Waals surface area contributed by atoms with Crippen molar-refractivity contribution in [3.05, 3.63) is 28.8 Å². The van der Waals surface area contributed by atoms with Crippen molar-refractivity contribution in [1.29, 1.82) is 0 Å². The van der Waals surface area contributed by atoms with Crippen LogP contribution in [0.2, 0.25) is 5.02 Å². The highest BCUT2D eigenvalue weighted by molar-refractivity contribution is 6.30. The molecule has 1 rings (SSSR count). The summed E-state index contributed by atoms with van der Waals surface area (Å²) in [6, 6.07) is 5.52. The molecule has 16 heavy (non-hydrogen) atoms. The first-order valence-electron chi connectivity index (χ1n) is 5.06. The number of rotatable bonds is 4. The van der Waals surface area contributed by atoms with Gasteiger partial charge in [-0.2, -0.15) is 0 Å². The van der Waals surface area contributed by atoms with Crippen LogP contribution in [-0.4, -0.2) is 16.6 Å². The average Bonchev–Trinajstić information content (AvgIpc) is 2.08. The molecule has 1 aromatic carbocycles. The van der Waals surface area contributed by atoms with Crippen LogP contribution in [0.5, 0.6) is 0 Å². The van der Waals surface area contributed by atoms with Gasteiger partial charge in [-0.25, -0.2) is 0 Å². The van der Waals surface area contributed by atoms with E-state index in [2.05, 4.69) is 5.32 Å². The molecule has 0 heterocycles. The first kappa shape index (κ1) is 12.8. The van der Waals surface area contributed by atoms with Crippen molar-refractivity contribution in [1.82, 2.24) is 0 Å². The molecular weight excluding hydrogens is 226 g/mol. The molecular formula is C12H16ClNO2. The summed E-state index contributed by atoms with van der Waals surface area (Å²) in [5, 5.41) is 12.6. The van der Waals surface area contributed by atoms with Crippen molar-refractivity contribution < 1.29 is 9.90 Å². The van der Waals surface area contributed by atoms with E-state index in [0.717, 1.165) is 11.3 Å². The Kier molecular flexibility index (Phi) is 3.81. The normalized spacial score (nSPS) is 11.2. The zero-order valence-electron chi connectivity index (χ0n) is 9.67. The Labute approximate surface area is 100 Å². The lowest BCUT2D eigenvalue weighted by Crippen LogP contribution is -2.33. The van der Waals surface area contributed by atoms with Crippen LogP contribution in [0, 0.1) is 6.92 Å². The van der Waals surface area contributed by atoms with Crippen molar-refractivity contribution in [2.45, 2.75) is 32.7 Å². The van der Waals surface area contributed by atoms with Crippen LogP contribution in [0.15, 0.2) is 18.2 Å². The molecule has 0 saturated carbocycles. The van der Waals surface area contributed by atoms with Crippen LogP contribution in [0.1, 0.15) is 25.8 Å². The first-order valence-corrected chi connectivity index (χ1v) is 5.44. The van der Waals surface area contributed by atoms with E-state index >= 15 is 0 Å². The first-order chi connectivity index (χ1) is 7.30. The molecule has 0 aliphatic rings. The maximum atomic E-state index is 10.7. The summed E-state index contributed by atoms with van der Waals surface area (Å²) in [7, 11) is 0. The minimum Gasteiger partial charge on any atom is -0.481 e. The minimum absolute atomic E-state index is 0.0545. The van der Waals surface area contributed by atoms with Crippen molar-refractivity contribution in [2.24, 2.45) is 0 Å². The Morgan fingerprint density at radius 1 is 1.50 bits per heavy atom. The molecule has 0 aliphatic heterocycles. The van der Waals surface area contributed by atoms with Gasteiger partial charge in [-0.15, -0.1) is 0 Å². The highest BCUT2D eigenvalue weighted by Gasteiger charge is 2.21. The van der Waals surface area contributed by atoms with Crippen molar-refractivity contribution in [2.75, 3.05) is 5.32 Å². The van der Waals surface area contributed by atoms with Crippen LogP contribution in [0.4, 0.5) is 5.69 Å². The molecule has 1 aromatic rings. The van der Waals surface area contributed by atoms with Gasteiger partial charge in [0, 0.05) is 16.2 Å². The Morgan fingerprint density at radius 3 is 2.69 bits per heavy atom. The smallest absolute Gasteiger partial charge is 0.305 e. The Hall–Kier alpha value is -1.22. The summed E-state index contributed by atoms with van der Waals surface area (Å²) >= 11 is 5.90. The molecule has 0 amide bonds. The average molecular weight is 242 g/mol. The summed E-state index contributed by atoms with van der Waals surface area (Å²) in [4.78, 5) is 10.7. The molecule has 88 valence electrons. The molecule has 0 radical (unpaired) electrons. The molecule has 0 unspecified atom stereocenters. The van der Waals surface area contributed by atoms with E-state index in [1.807, 2.05) is 32.9 Å². The van der Waals surface area contributed by atoms with Crippen LogP contribution >= 0.6 is 11.6 Å². The van der Waals surface area contributed by atoms with Crippen molar-refractivity contribution >= 4 is 23.3 Å². The summed E-state index contributed by atoms with van der Waals surface area (Å²) in [5.74, 6) is -0.822. The van der Waals surface area contributed by atoms with Crippen LogP contribution in [0.25, 0.3) is 0 Å². The molecule has 3 nitrogen and oxygen atoms in total. The second-order valence-electron chi connectivity index (χ2n) is 4.54. The van der Waals surface area contributed by atoms with E-state index in [-0.39, 0.29) is 6.42 Å². The maximum Gasteiger partial charge on any atom is 0.305 e. The zero-order chi connectivity index (χ0) is 12.3. The lowest BCUT2D eigenvalue weighted by molar-refractivity contribution is -0.137. The number of carboxylic acids is 1. The van der Waals surface area contributed by atoms with Crippen LogP contribution in [0.3, 0.4) is 0 Å². The number of benzene rings is 1. The maximum absolute atomic E-state index is 10.7. The second kappa shape index (κ2) is 4.74. The van der Waals surface area contributed by atoms with E-state index < -0.39 is 11.5 Å². The molecule has 0 aliphatic carbocycles. The molecule has 0 aromatic heterocycles. The van der Waals surface area contributed by atoms with Gasteiger partial charge < -0.3 is 10.4 Å². The van der Waals surface area contributed by atoms with Gasteiger partial charge in [-0.05, 0) is 38.5 Å². The lowest BCUT2D eigenvalue weighted by atomic mass is 9.99. The monoisotopic (exact) mass is 241 g/mol. The summed E-state index contributed by atoms with van der Waals surface area (Å²) in [5.41, 5.74) is 1.42. The summed E-state index contributed by atoms with van der Waals surface area (Å²) in [6.45, 7) is 5.65. The van der Waals surface area contributed by atoms with Crippen LogP contribution < -0.4 is 5.32 Å². The molecule has 0 spiro atoms. The van der Waals surface area contributed by atoms with Gasteiger partial charge in [0.25, 0.3) is 0 Å². The van der Waals surface area contributed by atoms with Crippen molar-refractivity contribution in [3.8, 4) is 0 Å². The predicted molar refractivity (Wildman–Crippen MR) is 66.1 cm³/mol.